The highest BCUT2D eigenvalue weighted by molar-refractivity contribution is 5.89. The van der Waals surface area contributed by atoms with Gasteiger partial charge < -0.3 is 14.2 Å². The lowest BCUT2D eigenvalue weighted by molar-refractivity contribution is -0.137. The van der Waals surface area contributed by atoms with Crippen LogP contribution in [0.5, 0.6) is 5.75 Å². The van der Waals surface area contributed by atoms with Crippen LogP contribution < -0.4 is 4.74 Å². The minimum absolute atomic E-state index is 0.0162. The summed E-state index contributed by atoms with van der Waals surface area (Å²) in [7, 11) is 1.35. The van der Waals surface area contributed by atoms with E-state index in [0.717, 1.165) is 70.5 Å². The fourth-order valence-corrected chi connectivity index (χ4v) is 7.21. The molecule has 1 atom stereocenters. The zero-order valence-corrected chi connectivity index (χ0v) is 32.1. The van der Waals surface area contributed by atoms with Crippen LogP contribution in [0.1, 0.15) is 91.3 Å². The van der Waals surface area contributed by atoms with Gasteiger partial charge in [0.05, 0.1) is 24.8 Å². The number of benzene rings is 4. The second-order valence-corrected chi connectivity index (χ2v) is 14.1. The molecule has 1 aliphatic carbocycles. The fraction of sp³-hybridized carbons (Fsp3) is 0.326. The van der Waals surface area contributed by atoms with Crippen molar-refractivity contribution in [2.45, 2.75) is 70.7 Å². The molecular weight excluding hydrogens is 737 g/mol. The van der Waals surface area contributed by atoms with Gasteiger partial charge in [-0.05, 0) is 134 Å². The predicted molar refractivity (Wildman–Crippen MR) is 209 cm³/mol. The Morgan fingerprint density at radius 3 is 2.07 bits per heavy atom. The molecule has 0 fully saturated rings. The van der Waals surface area contributed by atoms with Crippen LogP contribution in [0.2, 0.25) is 0 Å². The van der Waals surface area contributed by atoms with Crippen LogP contribution in [-0.4, -0.2) is 48.6 Å². The van der Waals surface area contributed by atoms with E-state index in [1.54, 1.807) is 31.2 Å². The van der Waals surface area contributed by atoms with Gasteiger partial charge in [0.2, 0.25) is 0 Å². The number of rotatable bonds is 16. The molecule has 0 N–H and O–H groups in total. The zero-order valence-electron chi connectivity index (χ0n) is 32.1. The van der Waals surface area contributed by atoms with Gasteiger partial charge in [-0.3, -0.25) is 4.90 Å². The van der Waals surface area contributed by atoms with Gasteiger partial charge in [-0.1, -0.05) is 54.6 Å². The van der Waals surface area contributed by atoms with Crippen LogP contribution in [0, 0.1) is 5.82 Å². The second kappa shape index (κ2) is 19.1. The summed E-state index contributed by atoms with van der Waals surface area (Å²) in [6.45, 7) is 3.58. The third kappa shape index (κ3) is 11.1. The predicted octanol–water partition coefficient (Wildman–Crippen LogP) is 9.73. The molecule has 0 aliphatic heterocycles. The number of carbonyl (C=O) groups is 2. The zero-order chi connectivity index (χ0) is 40.4. The van der Waals surface area contributed by atoms with Gasteiger partial charge in [0.15, 0.2) is 0 Å². The summed E-state index contributed by atoms with van der Waals surface area (Å²) in [5.74, 6) is -0.603. The van der Waals surface area contributed by atoms with Gasteiger partial charge in [-0.2, -0.15) is 13.2 Å². The monoisotopic (exact) mass is 782 g/mol. The van der Waals surface area contributed by atoms with E-state index in [1.807, 2.05) is 42.5 Å². The van der Waals surface area contributed by atoms with Crippen LogP contribution in [0.4, 0.5) is 17.6 Å². The first-order valence-corrected chi connectivity index (χ1v) is 19.2. The minimum atomic E-state index is -4.35. The van der Waals surface area contributed by atoms with Crippen molar-refractivity contribution < 1.29 is 41.4 Å². The number of methoxy groups -OCH3 is 1. The summed E-state index contributed by atoms with van der Waals surface area (Å²) in [6, 6.07) is 28.8. The van der Waals surface area contributed by atoms with Crippen LogP contribution in [0.25, 0.3) is 0 Å². The van der Waals surface area contributed by atoms with Crippen molar-refractivity contribution in [3.05, 3.63) is 165 Å². The third-order valence-electron chi connectivity index (χ3n) is 10.3. The van der Waals surface area contributed by atoms with Crippen molar-refractivity contribution in [3.8, 4) is 5.75 Å². The number of hydrogen-bond donors (Lipinski definition) is 0. The van der Waals surface area contributed by atoms with Gasteiger partial charge in [-0.25, -0.2) is 19.0 Å². The average molecular weight is 783 g/mol. The molecule has 4 aromatic carbocycles. The number of aromatic nitrogens is 1. The maximum atomic E-state index is 14.7. The van der Waals surface area contributed by atoms with E-state index in [9.17, 15) is 27.2 Å². The van der Waals surface area contributed by atoms with Gasteiger partial charge in [0.25, 0.3) is 0 Å². The highest BCUT2D eigenvalue weighted by Gasteiger charge is 2.30. The highest BCUT2D eigenvalue weighted by atomic mass is 19.4. The molecule has 298 valence electrons. The van der Waals surface area contributed by atoms with Crippen molar-refractivity contribution in [1.29, 1.82) is 0 Å². The third-order valence-corrected chi connectivity index (χ3v) is 10.3. The maximum absolute atomic E-state index is 14.7. The number of carbonyl (C=O) groups excluding carboxylic acids is 2. The standard InChI is InChI=1S/C46H46F4N2O5/c1-3-56-45(54)41-23-22-39-40(51-41)5-4-6-42(39)52(27-25-33-13-17-35(18-14-33)44(53)55-2)28-26-36-29-38(47)21-24-43(36)57-30-34-11-9-31(10-12-34)7-8-32-15-19-37(20-16-32)46(48,49)50/h9-24,29,42H,3-8,25-28,30H2,1-2H3. The molecule has 0 amide bonds. The van der Waals surface area contributed by atoms with Gasteiger partial charge in [-0.15, -0.1) is 0 Å². The normalized spacial score (nSPS) is 13.9. The van der Waals surface area contributed by atoms with Gasteiger partial charge >= 0.3 is 18.1 Å². The molecule has 0 saturated heterocycles. The molecule has 6 rings (SSSR count). The van der Waals surface area contributed by atoms with Gasteiger partial charge in [0, 0.05) is 24.8 Å². The molecule has 1 aliphatic rings. The molecule has 7 nitrogen and oxygen atoms in total. The van der Waals surface area contributed by atoms with Crippen molar-refractivity contribution in [2.75, 3.05) is 26.8 Å². The van der Waals surface area contributed by atoms with Crippen molar-refractivity contribution in [2.24, 2.45) is 0 Å². The Hall–Kier alpha value is -5.55. The lowest BCUT2D eigenvalue weighted by atomic mass is 9.89. The van der Waals surface area contributed by atoms with Crippen molar-refractivity contribution in [3.63, 3.8) is 0 Å². The SMILES string of the molecule is CCOC(=O)c1ccc2c(n1)CCCC2N(CCc1ccc(C(=O)OC)cc1)CCc1cc(F)ccc1OCc1ccc(CCc2ccc(C(F)(F)F)cc2)cc1. The number of ether oxygens (including phenoxy) is 3. The summed E-state index contributed by atoms with van der Waals surface area (Å²) in [5.41, 5.74) is 6.67. The minimum Gasteiger partial charge on any atom is -0.489 e. The van der Waals surface area contributed by atoms with Gasteiger partial charge in [0.1, 0.15) is 23.9 Å². The molecule has 5 aromatic rings. The number of alkyl halides is 3. The Bertz CT molecular complexity index is 2120. The molecule has 0 radical (unpaired) electrons. The summed E-state index contributed by atoms with van der Waals surface area (Å²) in [6.07, 6.45) is 0.691. The number of fused-ring (bicyclic) bond motifs is 1. The number of hydrogen-bond acceptors (Lipinski definition) is 7. The highest BCUT2D eigenvalue weighted by Crippen LogP contribution is 2.35. The van der Waals surface area contributed by atoms with Crippen molar-refractivity contribution in [1.82, 2.24) is 9.88 Å². The Morgan fingerprint density at radius 1 is 0.772 bits per heavy atom. The first kappa shape index (κ1) is 41.1. The molecule has 0 bridgehead atoms. The Kier molecular flexibility index (Phi) is 13.7. The van der Waals surface area contributed by atoms with E-state index in [2.05, 4.69) is 4.90 Å². The molecule has 1 unspecified atom stereocenters. The van der Waals surface area contributed by atoms with E-state index < -0.39 is 23.7 Å². The first-order valence-electron chi connectivity index (χ1n) is 19.2. The first-order chi connectivity index (χ1) is 27.5. The molecule has 0 saturated carbocycles. The molecule has 11 heteroatoms. The van der Waals surface area contributed by atoms with E-state index in [0.29, 0.717) is 55.8 Å². The van der Waals surface area contributed by atoms with E-state index in [1.165, 1.54) is 31.4 Å². The number of esters is 2. The van der Waals surface area contributed by atoms with Crippen LogP contribution >= 0.6 is 0 Å². The Morgan fingerprint density at radius 2 is 1.40 bits per heavy atom. The van der Waals surface area contributed by atoms with Crippen LogP contribution in [0.15, 0.2) is 103 Å². The summed E-state index contributed by atoms with van der Waals surface area (Å²) in [4.78, 5) is 31.6. The molecule has 1 heterocycles. The fourth-order valence-electron chi connectivity index (χ4n) is 7.21. The number of halogens is 4. The molecule has 57 heavy (non-hydrogen) atoms. The molecule has 1 aromatic heterocycles. The lowest BCUT2D eigenvalue weighted by Gasteiger charge is -2.36. The van der Waals surface area contributed by atoms with Crippen LogP contribution in [-0.2, 0) is 54.4 Å². The van der Waals surface area contributed by atoms with E-state index in [4.69, 9.17) is 19.2 Å². The van der Waals surface area contributed by atoms with Crippen LogP contribution in [0.3, 0.4) is 0 Å². The average Bonchev–Trinajstić information content (AvgIpc) is 3.22. The van der Waals surface area contributed by atoms with Crippen molar-refractivity contribution >= 4 is 11.9 Å². The number of aryl methyl sites for hydroxylation is 3. The quantitative estimate of drug-likeness (QED) is 0.0729. The smallest absolute Gasteiger partial charge is 0.416 e. The molecular formula is C46H46F4N2O5. The summed E-state index contributed by atoms with van der Waals surface area (Å²) < 4.78 is 69.8. The summed E-state index contributed by atoms with van der Waals surface area (Å²) >= 11 is 0. The second-order valence-electron chi connectivity index (χ2n) is 14.1. The molecule has 0 spiro atoms. The lowest BCUT2D eigenvalue weighted by Crippen LogP contribution is -2.35. The topological polar surface area (TPSA) is 78.0 Å². The number of pyridine rings is 1. The largest absolute Gasteiger partial charge is 0.489 e. The van der Waals surface area contributed by atoms with E-state index in [-0.39, 0.29) is 25.1 Å². The maximum Gasteiger partial charge on any atom is 0.416 e. The van der Waals surface area contributed by atoms with E-state index >= 15 is 0 Å². The summed E-state index contributed by atoms with van der Waals surface area (Å²) in [5, 5.41) is 0. The Balaban J connectivity index is 1.14. The number of nitrogens with zero attached hydrogens (tertiary/aromatic N) is 2. The Labute approximate surface area is 330 Å².